The Labute approximate surface area is 166 Å². The number of carbonyl (C=O) groups excluding carboxylic acids is 1. The summed E-state index contributed by atoms with van der Waals surface area (Å²) in [4.78, 5) is 15.4. The first kappa shape index (κ1) is 19.4. The molecule has 1 heterocycles. The quantitative estimate of drug-likeness (QED) is 0.544. The van der Waals surface area contributed by atoms with E-state index >= 15 is 0 Å². The van der Waals surface area contributed by atoms with Crippen LogP contribution < -0.4 is 4.74 Å². The molecular weight excluding hydrogens is 346 g/mol. The van der Waals surface area contributed by atoms with Gasteiger partial charge in [0.15, 0.2) is 0 Å². The van der Waals surface area contributed by atoms with E-state index in [9.17, 15) is 4.79 Å². The first-order chi connectivity index (χ1) is 13.6. The zero-order valence-electron chi connectivity index (χ0n) is 16.2. The van der Waals surface area contributed by atoms with Crippen molar-refractivity contribution >= 4 is 5.78 Å². The van der Waals surface area contributed by atoms with Crippen LogP contribution >= 0.6 is 0 Å². The molecule has 0 spiro atoms. The third-order valence-corrected chi connectivity index (χ3v) is 4.23. The van der Waals surface area contributed by atoms with Gasteiger partial charge in [0, 0.05) is 29.8 Å². The molecule has 3 nitrogen and oxygen atoms in total. The van der Waals surface area contributed by atoms with Gasteiger partial charge in [0.1, 0.15) is 11.5 Å². The maximum atomic E-state index is 11.2. The average Bonchev–Trinajstić information content (AvgIpc) is 2.68. The molecule has 1 aromatic heterocycles. The third-order valence-electron chi connectivity index (χ3n) is 4.23. The van der Waals surface area contributed by atoms with Crippen molar-refractivity contribution in [1.29, 1.82) is 0 Å². The smallest absolute Gasteiger partial charge is 0.220 e. The monoisotopic (exact) mass is 369 g/mol. The molecule has 3 aromatic rings. The number of nitrogens with zero attached hydrogens (tertiary/aromatic N) is 1. The molecule has 0 saturated heterocycles. The van der Waals surface area contributed by atoms with E-state index in [-0.39, 0.29) is 5.78 Å². The molecule has 3 rings (SSSR count). The lowest BCUT2D eigenvalue weighted by Gasteiger charge is -2.09. The van der Waals surface area contributed by atoms with Crippen molar-refractivity contribution in [2.45, 2.75) is 26.7 Å². The number of rotatable bonds is 6. The summed E-state index contributed by atoms with van der Waals surface area (Å²) in [6.07, 6.45) is 3.22. The molecule has 28 heavy (non-hydrogen) atoms. The summed E-state index contributed by atoms with van der Waals surface area (Å²) in [6, 6.07) is 21.5. The standard InChI is InChI=1S/C25H23NO2/c1-19(16-20(2)27)17-22-11-8-21(9-12-22)10-13-23-14-15-26-25(18-23)28-24-6-4-3-5-7-24/h3-9,11-12,14-15,18-19H,16-17H2,1-2H3. The summed E-state index contributed by atoms with van der Waals surface area (Å²) in [7, 11) is 0. The molecule has 1 atom stereocenters. The van der Waals surface area contributed by atoms with E-state index in [1.54, 1.807) is 13.1 Å². The fraction of sp³-hybridized carbons (Fsp3) is 0.200. The van der Waals surface area contributed by atoms with Gasteiger partial charge in [-0.15, -0.1) is 0 Å². The second kappa shape index (κ2) is 9.53. The minimum atomic E-state index is 0.239. The van der Waals surface area contributed by atoms with Gasteiger partial charge in [0.2, 0.25) is 5.88 Å². The lowest BCUT2D eigenvalue weighted by atomic mass is 9.96. The van der Waals surface area contributed by atoms with Crippen molar-refractivity contribution in [3.8, 4) is 23.5 Å². The van der Waals surface area contributed by atoms with Crippen LogP contribution in [0.1, 0.15) is 37.0 Å². The van der Waals surface area contributed by atoms with Crippen LogP contribution in [0.2, 0.25) is 0 Å². The van der Waals surface area contributed by atoms with Crippen molar-refractivity contribution in [2.75, 3.05) is 0 Å². The van der Waals surface area contributed by atoms with Gasteiger partial charge in [0.25, 0.3) is 0 Å². The highest BCUT2D eigenvalue weighted by Crippen LogP contribution is 2.19. The highest BCUT2D eigenvalue weighted by molar-refractivity contribution is 5.75. The number of pyridine rings is 1. The summed E-state index contributed by atoms with van der Waals surface area (Å²) in [5.74, 6) is 8.20. The van der Waals surface area contributed by atoms with Gasteiger partial charge in [-0.1, -0.05) is 49.1 Å². The second-order valence-corrected chi connectivity index (χ2v) is 6.96. The molecule has 0 amide bonds. The van der Waals surface area contributed by atoms with Crippen molar-refractivity contribution in [2.24, 2.45) is 5.92 Å². The maximum absolute atomic E-state index is 11.2. The Kier molecular flexibility index (Phi) is 6.59. The van der Waals surface area contributed by atoms with E-state index in [0.29, 0.717) is 18.2 Å². The first-order valence-corrected chi connectivity index (χ1v) is 9.38. The second-order valence-electron chi connectivity index (χ2n) is 6.96. The van der Waals surface area contributed by atoms with Gasteiger partial charge >= 0.3 is 0 Å². The Morgan fingerprint density at radius 2 is 1.71 bits per heavy atom. The first-order valence-electron chi connectivity index (χ1n) is 9.38. The van der Waals surface area contributed by atoms with Gasteiger partial charge in [-0.3, -0.25) is 0 Å². The molecule has 3 heteroatoms. The summed E-state index contributed by atoms with van der Waals surface area (Å²) < 4.78 is 5.75. The molecule has 0 fully saturated rings. The predicted molar refractivity (Wildman–Crippen MR) is 111 cm³/mol. The van der Waals surface area contributed by atoms with Crippen LogP contribution in [0.4, 0.5) is 0 Å². The highest BCUT2D eigenvalue weighted by Gasteiger charge is 2.06. The zero-order valence-corrected chi connectivity index (χ0v) is 16.2. The van der Waals surface area contributed by atoms with Crippen LogP contribution in [0.5, 0.6) is 11.6 Å². The molecule has 2 aromatic carbocycles. The molecule has 0 aliphatic rings. The fourth-order valence-corrected chi connectivity index (χ4v) is 2.99. The van der Waals surface area contributed by atoms with Crippen LogP contribution in [-0.4, -0.2) is 10.8 Å². The number of hydrogen-bond donors (Lipinski definition) is 0. The summed E-state index contributed by atoms with van der Waals surface area (Å²) in [5.41, 5.74) is 3.02. The highest BCUT2D eigenvalue weighted by atomic mass is 16.5. The Balaban J connectivity index is 1.65. The number of ether oxygens (including phenoxy) is 1. The Morgan fingerprint density at radius 1 is 1.00 bits per heavy atom. The van der Waals surface area contributed by atoms with Crippen molar-refractivity contribution in [3.63, 3.8) is 0 Å². The van der Waals surface area contributed by atoms with E-state index in [2.05, 4.69) is 35.9 Å². The molecule has 0 aliphatic carbocycles. The Hall–Kier alpha value is -3.38. The van der Waals surface area contributed by atoms with Crippen molar-refractivity contribution in [1.82, 2.24) is 4.98 Å². The number of para-hydroxylation sites is 1. The summed E-state index contributed by atoms with van der Waals surface area (Å²) in [5, 5.41) is 0. The molecule has 0 bridgehead atoms. The van der Waals surface area contributed by atoms with Crippen molar-refractivity contribution in [3.05, 3.63) is 89.6 Å². The minimum Gasteiger partial charge on any atom is -0.439 e. The molecule has 140 valence electrons. The van der Waals surface area contributed by atoms with Gasteiger partial charge in [-0.2, -0.15) is 0 Å². The van der Waals surface area contributed by atoms with Gasteiger partial charge in [-0.05, 0) is 55.2 Å². The minimum absolute atomic E-state index is 0.239. The largest absolute Gasteiger partial charge is 0.439 e. The number of benzene rings is 2. The average molecular weight is 369 g/mol. The zero-order chi connectivity index (χ0) is 19.8. The number of ketones is 1. The van der Waals surface area contributed by atoms with Crippen LogP contribution in [0.25, 0.3) is 0 Å². The summed E-state index contributed by atoms with van der Waals surface area (Å²) in [6.45, 7) is 3.75. The number of carbonyl (C=O) groups is 1. The van der Waals surface area contributed by atoms with Crippen LogP contribution in [-0.2, 0) is 11.2 Å². The molecule has 0 aliphatic heterocycles. The van der Waals surface area contributed by atoms with Crippen LogP contribution in [0, 0.1) is 17.8 Å². The van der Waals surface area contributed by atoms with E-state index < -0.39 is 0 Å². The van der Waals surface area contributed by atoms with E-state index in [1.165, 1.54) is 5.56 Å². The molecule has 0 saturated carbocycles. The van der Waals surface area contributed by atoms with Gasteiger partial charge in [-0.25, -0.2) is 4.98 Å². The Morgan fingerprint density at radius 3 is 2.43 bits per heavy atom. The van der Waals surface area contributed by atoms with E-state index in [4.69, 9.17) is 4.74 Å². The van der Waals surface area contributed by atoms with Crippen LogP contribution in [0.3, 0.4) is 0 Å². The lowest BCUT2D eigenvalue weighted by molar-refractivity contribution is -0.117. The van der Waals surface area contributed by atoms with Gasteiger partial charge < -0.3 is 9.53 Å². The predicted octanol–water partition coefficient (Wildman–Crippen LogP) is 5.43. The normalized spacial score (nSPS) is 11.2. The third kappa shape index (κ3) is 6.10. The van der Waals surface area contributed by atoms with Crippen LogP contribution in [0.15, 0.2) is 72.9 Å². The summed E-state index contributed by atoms with van der Waals surface area (Å²) >= 11 is 0. The topological polar surface area (TPSA) is 39.2 Å². The molecule has 0 N–H and O–H groups in total. The number of hydrogen-bond acceptors (Lipinski definition) is 3. The van der Waals surface area contributed by atoms with Gasteiger partial charge in [0.05, 0.1) is 0 Å². The van der Waals surface area contributed by atoms with E-state index in [1.807, 2.05) is 54.6 Å². The lowest BCUT2D eigenvalue weighted by Crippen LogP contribution is -2.04. The fourth-order valence-electron chi connectivity index (χ4n) is 2.99. The molecule has 0 radical (unpaired) electrons. The number of aromatic nitrogens is 1. The van der Waals surface area contributed by atoms with E-state index in [0.717, 1.165) is 23.3 Å². The molecular formula is C25H23NO2. The number of Topliss-reactive ketones (excluding diaryl/α,β-unsaturated/α-hetero) is 1. The Bertz CT molecular complexity index is 982. The maximum Gasteiger partial charge on any atom is 0.220 e. The molecule has 1 unspecified atom stereocenters. The SMILES string of the molecule is CC(=O)CC(C)Cc1ccc(C#Cc2ccnc(Oc3ccccc3)c2)cc1. The van der Waals surface area contributed by atoms with Crippen molar-refractivity contribution < 1.29 is 9.53 Å².